The van der Waals surface area contributed by atoms with Gasteiger partial charge in [-0.05, 0) is 29.7 Å². The average Bonchev–Trinajstić information content (AvgIpc) is 3.21. The number of carbonyl (C=O) groups is 4. The normalized spacial score (nSPS) is 16.2. The quantitative estimate of drug-likeness (QED) is 0.225. The minimum Gasteiger partial charge on any atom is -0.480 e. The number of hydrogen-bond acceptors (Lipinski definition) is 7. The first kappa shape index (κ1) is 25.2. The second-order valence-corrected chi connectivity index (χ2v) is 7.95. The van der Waals surface area contributed by atoms with Gasteiger partial charge in [-0.3, -0.25) is 9.59 Å². The highest BCUT2D eigenvalue weighted by Crippen LogP contribution is 2.27. The Labute approximate surface area is 201 Å². The van der Waals surface area contributed by atoms with Crippen LogP contribution in [0.3, 0.4) is 0 Å². The topological polar surface area (TPSA) is 163 Å². The number of rotatable bonds is 10. The van der Waals surface area contributed by atoms with Crippen molar-refractivity contribution < 1.29 is 29.0 Å². The van der Waals surface area contributed by atoms with Crippen LogP contribution in [0.5, 0.6) is 0 Å². The third-order valence-electron chi connectivity index (χ3n) is 5.48. The molecule has 11 nitrogen and oxygen atoms in total. The van der Waals surface area contributed by atoms with Crippen LogP contribution in [0.15, 0.2) is 59.7 Å². The molecule has 1 unspecified atom stereocenters. The number of anilines is 1. The molecule has 1 fully saturated rings. The van der Waals surface area contributed by atoms with Crippen molar-refractivity contribution in [3.8, 4) is 0 Å². The van der Waals surface area contributed by atoms with E-state index in [2.05, 4.69) is 15.7 Å². The van der Waals surface area contributed by atoms with Crippen molar-refractivity contribution in [1.29, 1.82) is 0 Å². The Hall–Kier alpha value is -4.41. The summed E-state index contributed by atoms with van der Waals surface area (Å²) in [6, 6.07) is 14.6. The molecule has 2 aromatic rings. The molecule has 0 bridgehead atoms. The fourth-order valence-corrected chi connectivity index (χ4v) is 3.63. The van der Waals surface area contributed by atoms with Crippen molar-refractivity contribution in [3.63, 3.8) is 0 Å². The maximum atomic E-state index is 12.8. The van der Waals surface area contributed by atoms with E-state index in [9.17, 15) is 24.3 Å². The molecule has 11 heteroatoms. The zero-order valence-corrected chi connectivity index (χ0v) is 18.9. The van der Waals surface area contributed by atoms with E-state index in [0.717, 1.165) is 11.1 Å². The van der Waals surface area contributed by atoms with E-state index >= 15 is 0 Å². The molecule has 0 radical (unpaired) electrons. The fourth-order valence-electron chi connectivity index (χ4n) is 3.63. The third kappa shape index (κ3) is 7.29. The number of carboxylic acid groups (broad SMARTS) is 1. The van der Waals surface area contributed by atoms with Crippen LogP contribution < -0.4 is 21.4 Å². The Morgan fingerprint density at radius 3 is 2.54 bits per heavy atom. The Balaban J connectivity index is 1.45. The molecular weight excluding hydrogens is 454 g/mol. The number of carbonyl (C=O) groups excluding carboxylic acids is 3. The van der Waals surface area contributed by atoms with Gasteiger partial charge in [-0.25, -0.2) is 9.59 Å². The summed E-state index contributed by atoms with van der Waals surface area (Å²) in [5.41, 5.74) is 2.25. The highest BCUT2D eigenvalue weighted by atomic mass is 16.5. The van der Waals surface area contributed by atoms with E-state index in [1.807, 2.05) is 6.07 Å². The number of benzene rings is 2. The molecule has 3 rings (SSSR count). The number of nitrogens with two attached hydrogens (primary N) is 1. The van der Waals surface area contributed by atoms with Gasteiger partial charge < -0.3 is 31.2 Å². The van der Waals surface area contributed by atoms with Gasteiger partial charge in [-0.15, -0.1) is 0 Å². The lowest BCUT2D eigenvalue weighted by molar-refractivity contribution is -0.139. The number of hydrazone groups is 1. The van der Waals surface area contributed by atoms with E-state index in [1.54, 1.807) is 53.4 Å². The average molecular weight is 482 g/mol. The summed E-state index contributed by atoms with van der Waals surface area (Å²) in [5.74, 6) is 2.62. The molecule has 0 saturated carbocycles. The Bertz CT molecular complexity index is 1070. The molecule has 3 amide bonds. The monoisotopic (exact) mass is 481 g/mol. The lowest BCUT2D eigenvalue weighted by Gasteiger charge is -2.18. The third-order valence-corrected chi connectivity index (χ3v) is 5.48. The first-order valence-electron chi connectivity index (χ1n) is 11.0. The number of carboxylic acids is 1. The largest absolute Gasteiger partial charge is 0.480 e. The number of hydrogen-bond donors (Lipinski definition) is 4. The van der Waals surface area contributed by atoms with Crippen LogP contribution >= 0.6 is 0 Å². The van der Waals surface area contributed by atoms with Crippen LogP contribution in [-0.4, -0.2) is 54.3 Å². The molecule has 0 aliphatic carbocycles. The number of nitrogens with zero attached hydrogens (tertiary/aromatic N) is 2. The van der Waals surface area contributed by atoms with Gasteiger partial charge in [0.1, 0.15) is 12.6 Å². The zero-order chi connectivity index (χ0) is 25.2. The Kier molecular flexibility index (Phi) is 8.76. The highest BCUT2D eigenvalue weighted by molar-refractivity contribution is 5.99. The highest BCUT2D eigenvalue weighted by Gasteiger charge is 2.34. The van der Waals surface area contributed by atoms with Gasteiger partial charge in [-0.2, -0.15) is 5.10 Å². The van der Waals surface area contributed by atoms with Crippen molar-refractivity contribution in [2.24, 2.45) is 16.9 Å². The summed E-state index contributed by atoms with van der Waals surface area (Å²) in [5, 5.41) is 17.5. The molecule has 1 aliphatic heterocycles. The van der Waals surface area contributed by atoms with Gasteiger partial charge in [0, 0.05) is 31.1 Å². The van der Waals surface area contributed by atoms with Crippen molar-refractivity contribution in [2.75, 3.05) is 18.0 Å². The van der Waals surface area contributed by atoms with E-state index in [0.29, 0.717) is 18.7 Å². The lowest BCUT2D eigenvalue weighted by Crippen LogP contribution is -2.48. The maximum Gasteiger partial charge on any atom is 0.408 e. The van der Waals surface area contributed by atoms with Gasteiger partial charge in [0.2, 0.25) is 11.8 Å². The van der Waals surface area contributed by atoms with E-state index in [1.165, 1.54) is 6.21 Å². The molecular formula is C24H27N5O6. The van der Waals surface area contributed by atoms with Gasteiger partial charge >= 0.3 is 12.1 Å². The molecule has 1 saturated heterocycles. The number of ether oxygens (including phenoxy) is 1. The van der Waals surface area contributed by atoms with Gasteiger partial charge in [0.15, 0.2) is 0 Å². The Morgan fingerprint density at radius 2 is 1.89 bits per heavy atom. The van der Waals surface area contributed by atoms with E-state index < -0.39 is 29.9 Å². The number of amides is 3. The minimum atomic E-state index is -1.38. The van der Waals surface area contributed by atoms with Crippen LogP contribution in [-0.2, 0) is 25.7 Å². The predicted octanol–water partition coefficient (Wildman–Crippen LogP) is 1.22. The molecule has 0 spiro atoms. The molecule has 184 valence electrons. The molecule has 2 atom stereocenters. The van der Waals surface area contributed by atoms with E-state index in [4.69, 9.17) is 10.6 Å². The first-order valence-corrected chi connectivity index (χ1v) is 11.0. The van der Waals surface area contributed by atoms with Crippen LogP contribution in [0.25, 0.3) is 0 Å². The Morgan fingerprint density at radius 1 is 1.17 bits per heavy atom. The SMILES string of the molecule is NN=Cc1ccc(N2CCC(CC(=O)NC[C@H](NC(=O)OCc3ccccc3)C(=O)O)C2=O)cc1. The summed E-state index contributed by atoms with van der Waals surface area (Å²) >= 11 is 0. The second kappa shape index (κ2) is 12.2. The summed E-state index contributed by atoms with van der Waals surface area (Å²) in [6.07, 6.45) is 0.981. The maximum absolute atomic E-state index is 12.8. The molecule has 35 heavy (non-hydrogen) atoms. The van der Waals surface area contributed by atoms with Crippen LogP contribution in [0.4, 0.5) is 10.5 Å². The van der Waals surface area contributed by atoms with Crippen LogP contribution in [0.2, 0.25) is 0 Å². The van der Waals surface area contributed by atoms with Crippen molar-refractivity contribution >= 4 is 35.8 Å². The number of nitrogens with one attached hydrogen (secondary N) is 2. The molecule has 5 N–H and O–H groups in total. The second-order valence-electron chi connectivity index (χ2n) is 7.95. The molecule has 2 aromatic carbocycles. The van der Waals surface area contributed by atoms with Crippen molar-refractivity contribution in [2.45, 2.75) is 25.5 Å². The summed E-state index contributed by atoms with van der Waals surface area (Å²) in [6.45, 7) is 0.103. The first-order chi connectivity index (χ1) is 16.9. The van der Waals surface area contributed by atoms with Crippen LogP contribution in [0, 0.1) is 5.92 Å². The van der Waals surface area contributed by atoms with Crippen molar-refractivity contribution in [3.05, 3.63) is 65.7 Å². The standard InChI is InChI=1S/C24H27N5O6/c25-27-13-16-6-8-19(9-7-16)29-11-10-18(22(29)31)12-21(30)26-14-20(23(32)33)28-24(34)35-15-17-4-2-1-3-5-17/h1-9,13,18,20H,10-12,14-15,25H2,(H,26,30)(H,28,34)(H,32,33)/t18?,20-/m0/s1. The van der Waals surface area contributed by atoms with Gasteiger partial charge in [0.05, 0.1) is 6.21 Å². The van der Waals surface area contributed by atoms with Gasteiger partial charge in [0.25, 0.3) is 0 Å². The summed E-state index contributed by atoms with van der Waals surface area (Å²) in [4.78, 5) is 50.2. The van der Waals surface area contributed by atoms with Gasteiger partial charge in [-0.1, -0.05) is 42.5 Å². The minimum absolute atomic E-state index is 0.0189. The summed E-state index contributed by atoms with van der Waals surface area (Å²) < 4.78 is 5.02. The smallest absolute Gasteiger partial charge is 0.408 e. The molecule has 1 heterocycles. The zero-order valence-electron chi connectivity index (χ0n) is 18.9. The summed E-state index contributed by atoms with van der Waals surface area (Å²) in [7, 11) is 0. The number of aliphatic carboxylic acids is 1. The van der Waals surface area contributed by atoms with Crippen molar-refractivity contribution in [1.82, 2.24) is 10.6 Å². The lowest BCUT2D eigenvalue weighted by atomic mass is 10.0. The number of alkyl carbamates (subject to hydrolysis) is 1. The van der Waals surface area contributed by atoms with Crippen LogP contribution in [0.1, 0.15) is 24.0 Å². The predicted molar refractivity (Wildman–Crippen MR) is 127 cm³/mol. The molecule has 0 aromatic heterocycles. The fraction of sp³-hybridized carbons (Fsp3) is 0.292. The molecule has 1 aliphatic rings. The van der Waals surface area contributed by atoms with E-state index in [-0.39, 0.29) is 25.5 Å².